The molecule has 0 amide bonds. The van der Waals surface area contributed by atoms with Crippen molar-refractivity contribution in [3.05, 3.63) is 0 Å². The molecule has 11 heavy (non-hydrogen) atoms. The lowest BCUT2D eigenvalue weighted by molar-refractivity contribution is -0.352. The smallest absolute Gasteiger partial charge is 0.295 e. The number of methoxy groups -OCH3 is 2. The minimum atomic E-state index is -0.750. The molecule has 0 rings (SSSR count). The van der Waals surface area contributed by atoms with Crippen molar-refractivity contribution in [3.63, 3.8) is 0 Å². The number of hydrogen-bond acceptors (Lipinski definition) is 4. The van der Waals surface area contributed by atoms with Crippen LogP contribution in [-0.4, -0.2) is 58.2 Å². The Morgan fingerprint density at radius 1 is 0.818 bits per heavy atom. The molecule has 0 fully saturated rings. The first-order valence-corrected chi connectivity index (χ1v) is 3.46. The van der Waals surface area contributed by atoms with Crippen molar-refractivity contribution >= 4 is 0 Å². The Morgan fingerprint density at radius 2 is 1.09 bits per heavy atom. The Morgan fingerprint density at radius 3 is 1.09 bits per heavy atom. The average molecular weight is 162 g/mol. The van der Waals surface area contributed by atoms with E-state index in [0.29, 0.717) is 0 Å². The highest BCUT2D eigenvalue weighted by Crippen LogP contribution is 2.15. The van der Waals surface area contributed by atoms with E-state index < -0.39 is 6.03 Å². The first kappa shape index (κ1) is 10.8. The second-order valence-electron chi connectivity index (χ2n) is 2.75. The molecule has 0 aliphatic carbocycles. The Kier molecular flexibility index (Phi) is 3.96. The van der Waals surface area contributed by atoms with Crippen molar-refractivity contribution in [2.24, 2.45) is 0 Å². The predicted octanol–water partition coefficient (Wildman–Crippen LogP) is 0.0137. The van der Waals surface area contributed by atoms with Crippen LogP contribution in [0, 0.1) is 0 Å². The monoisotopic (exact) mass is 162 g/mol. The van der Waals surface area contributed by atoms with Gasteiger partial charge >= 0.3 is 0 Å². The molecule has 0 bridgehead atoms. The van der Waals surface area contributed by atoms with Crippen LogP contribution in [0.4, 0.5) is 0 Å². The summed E-state index contributed by atoms with van der Waals surface area (Å²) < 4.78 is 10.5. The molecule has 4 nitrogen and oxygen atoms in total. The van der Waals surface area contributed by atoms with Gasteiger partial charge in [-0.25, -0.2) is 9.80 Å². The van der Waals surface area contributed by atoms with Crippen molar-refractivity contribution in [1.29, 1.82) is 0 Å². The standard InChI is InChI=1S/C7H18N2O2/c1-8(2)7(10-5,11-6)9(3)4/h1-6H3. The summed E-state index contributed by atoms with van der Waals surface area (Å²) in [4.78, 5) is 3.71. The van der Waals surface area contributed by atoms with Gasteiger partial charge in [0.1, 0.15) is 0 Å². The van der Waals surface area contributed by atoms with Crippen LogP contribution in [0.1, 0.15) is 0 Å². The Hall–Kier alpha value is -0.160. The van der Waals surface area contributed by atoms with Gasteiger partial charge in [-0.3, -0.25) is 0 Å². The van der Waals surface area contributed by atoms with Gasteiger partial charge in [0, 0.05) is 14.2 Å². The summed E-state index contributed by atoms with van der Waals surface area (Å²) in [5, 5.41) is 0. The Balaban J connectivity index is 4.46. The van der Waals surface area contributed by atoms with E-state index in [0.717, 1.165) is 0 Å². The summed E-state index contributed by atoms with van der Waals surface area (Å²) >= 11 is 0. The molecule has 0 heterocycles. The van der Waals surface area contributed by atoms with Crippen LogP contribution in [0.2, 0.25) is 0 Å². The van der Waals surface area contributed by atoms with Crippen LogP contribution in [0.15, 0.2) is 0 Å². The molecule has 0 spiro atoms. The molecule has 0 saturated carbocycles. The average Bonchev–Trinajstić information content (AvgIpc) is 1.90. The molecule has 0 aliphatic heterocycles. The molecule has 0 unspecified atom stereocenters. The van der Waals surface area contributed by atoms with Crippen LogP contribution < -0.4 is 0 Å². The first-order chi connectivity index (χ1) is 5.01. The lowest BCUT2D eigenvalue weighted by Crippen LogP contribution is -2.58. The zero-order valence-corrected chi connectivity index (χ0v) is 8.21. The molecule has 0 atom stereocenters. The third-order valence-corrected chi connectivity index (χ3v) is 1.66. The van der Waals surface area contributed by atoms with Gasteiger partial charge in [-0.05, 0) is 28.2 Å². The van der Waals surface area contributed by atoms with E-state index in [4.69, 9.17) is 9.47 Å². The number of nitrogens with zero attached hydrogens (tertiary/aromatic N) is 2. The van der Waals surface area contributed by atoms with Crippen LogP contribution in [0.25, 0.3) is 0 Å². The Labute approximate surface area is 68.7 Å². The summed E-state index contributed by atoms with van der Waals surface area (Å²) in [5.41, 5.74) is 0. The van der Waals surface area contributed by atoms with E-state index in [1.54, 1.807) is 14.2 Å². The van der Waals surface area contributed by atoms with E-state index in [1.807, 2.05) is 38.0 Å². The molecule has 0 saturated heterocycles. The summed E-state index contributed by atoms with van der Waals surface area (Å²) in [5.74, 6) is 0. The third-order valence-electron chi connectivity index (χ3n) is 1.66. The normalized spacial score (nSPS) is 13.1. The van der Waals surface area contributed by atoms with Gasteiger partial charge in [0.15, 0.2) is 0 Å². The zero-order valence-electron chi connectivity index (χ0n) is 8.21. The fourth-order valence-corrected chi connectivity index (χ4v) is 1.21. The lowest BCUT2D eigenvalue weighted by atomic mass is 10.6. The van der Waals surface area contributed by atoms with E-state index in [-0.39, 0.29) is 0 Å². The minimum absolute atomic E-state index is 0.750. The van der Waals surface area contributed by atoms with Crippen LogP contribution in [0.3, 0.4) is 0 Å². The number of ether oxygens (including phenoxy) is 2. The molecular weight excluding hydrogens is 144 g/mol. The summed E-state index contributed by atoms with van der Waals surface area (Å²) in [7, 11) is 10.8. The van der Waals surface area contributed by atoms with Crippen LogP contribution >= 0.6 is 0 Å². The second kappa shape index (κ2) is 4.01. The summed E-state index contributed by atoms with van der Waals surface area (Å²) in [6.45, 7) is 0. The van der Waals surface area contributed by atoms with Gasteiger partial charge in [-0.1, -0.05) is 0 Å². The molecule has 0 radical (unpaired) electrons. The van der Waals surface area contributed by atoms with E-state index in [1.165, 1.54) is 0 Å². The summed E-state index contributed by atoms with van der Waals surface area (Å²) in [6.07, 6.45) is 0. The molecule has 4 heteroatoms. The van der Waals surface area contributed by atoms with Gasteiger partial charge in [0.25, 0.3) is 6.03 Å². The van der Waals surface area contributed by atoms with Gasteiger partial charge in [0.05, 0.1) is 0 Å². The molecule has 0 aromatic rings. The van der Waals surface area contributed by atoms with E-state index in [9.17, 15) is 0 Å². The van der Waals surface area contributed by atoms with Gasteiger partial charge in [0.2, 0.25) is 0 Å². The van der Waals surface area contributed by atoms with E-state index >= 15 is 0 Å². The van der Waals surface area contributed by atoms with Gasteiger partial charge in [-0.2, -0.15) is 0 Å². The maximum absolute atomic E-state index is 5.24. The van der Waals surface area contributed by atoms with Crippen molar-refractivity contribution in [1.82, 2.24) is 9.80 Å². The quantitative estimate of drug-likeness (QED) is 0.544. The zero-order chi connectivity index (χ0) is 9.07. The minimum Gasteiger partial charge on any atom is -0.328 e. The highest BCUT2D eigenvalue weighted by atomic mass is 16.7. The number of rotatable bonds is 4. The van der Waals surface area contributed by atoms with Crippen molar-refractivity contribution in [2.45, 2.75) is 6.03 Å². The highest BCUT2D eigenvalue weighted by Gasteiger charge is 2.35. The molecular formula is C7H18N2O2. The first-order valence-electron chi connectivity index (χ1n) is 3.46. The lowest BCUT2D eigenvalue weighted by Gasteiger charge is -2.41. The molecule has 0 aliphatic rings. The van der Waals surface area contributed by atoms with Crippen molar-refractivity contribution < 1.29 is 9.47 Å². The largest absolute Gasteiger partial charge is 0.328 e. The van der Waals surface area contributed by atoms with Gasteiger partial charge < -0.3 is 9.47 Å². The predicted molar refractivity (Wildman–Crippen MR) is 44.1 cm³/mol. The molecule has 68 valence electrons. The second-order valence-corrected chi connectivity index (χ2v) is 2.75. The maximum atomic E-state index is 5.24. The topological polar surface area (TPSA) is 24.9 Å². The maximum Gasteiger partial charge on any atom is 0.295 e. The van der Waals surface area contributed by atoms with E-state index in [2.05, 4.69) is 0 Å². The van der Waals surface area contributed by atoms with Gasteiger partial charge in [-0.15, -0.1) is 0 Å². The van der Waals surface area contributed by atoms with Crippen molar-refractivity contribution in [2.75, 3.05) is 42.4 Å². The van der Waals surface area contributed by atoms with Crippen molar-refractivity contribution in [3.8, 4) is 0 Å². The fourth-order valence-electron chi connectivity index (χ4n) is 1.21. The SMILES string of the molecule is COC(OC)(N(C)C)N(C)C. The van der Waals surface area contributed by atoms with Crippen LogP contribution in [-0.2, 0) is 9.47 Å². The third kappa shape index (κ3) is 1.90. The molecule has 0 N–H and O–H groups in total. The summed E-state index contributed by atoms with van der Waals surface area (Å²) in [6, 6.07) is -0.750. The molecule has 0 aromatic carbocycles. The Bertz CT molecular complexity index is 101. The fraction of sp³-hybridized carbons (Fsp3) is 1.00. The van der Waals surface area contributed by atoms with Crippen LogP contribution in [0.5, 0.6) is 0 Å². The molecule has 0 aromatic heterocycles. The highest BCUT2D eigenvalue weighted by molar-refractivity contribution is 4.60. The number of hydrogen-bond donors (Lipinski definition) is 0.